The first kappa shape index (κ1) is 56.4. The predicted molar refractivity (Wildman–Crippen MR) is 313 cm³/mol. The van der Waals surface area contributed by atoms with E-state index >= 15 is 8.78 Å². The number of hydrogen-bond donors (Lipinski definition) is 1. The molecule has 2 saturated carbocycles. The van der Waals surface area contributed by atoms with E-state index < -0.39 is 17.5 Å². The van der Waals surface area contributed by atoms with E-state index in [4.69, 9.17) is 33.9 Å². The Balaban J connectivity index is 0.665. The van der Waals surface area contributed by atoms with Gasteiger partial charge in [-0.15, -0.1) is 0 Å². The maximum Gasteiger partial charge on any atom is 0.410 e. The number of hydrogen-bond acceptors (Lipinski definition) is 15. The third-order valence-corrected chi connectivity index (χ3v) is 19.8. The maximum absolute atomic E-state index is 17.8. The Morgan fingerprint density at radius 3 is 2.25 bits per heavy atom. The van der Waals surface area contributed by atoms with Gasteiger partial charge in [-0.3, -0.25) is 34.5 Å². The molecule has 1 spiro atoms. The number of ether oxygens (including phenoxy) is 4. The molecule has 8 aliphatic rings. The molecule has 3 atom stereocenters. The minimum atomic E-state index is -0.678. The molecule has 1 N–H and O–H groups in total. The highest BCUT2D eigenvalue weighted by atomic mass is 19.1. The van der Waals surface area contributed by atoms with Crippen molar-refractivity contribution in [3.8, 4) is 23.0 Å². The molecule has 2 aromatic heterocycles. The van der Waals surface area contributed by atoms with Crippen molar-refractivity contribution in [3.63, 3.8) is 0 Å². The van der Waals surface area contributed by atoms with E-state index in [1.54, 1.807) is 29.3 Å². The van der Waals surface area contributed by atoms with E-state index in [2.05, 4.69) is 31.0 Å². The molecule has 18 nitrogen and oxygen atoms in total. The quantitative estimate of drug-likeness (QED) is 0.0823. The van der Waals surface area contributed by atoms with E-state index in [0.29, 0.717) is 95.0 Å². The Hall–Kier alpha value is -6.77. The summed E-state index contributed by atoms with van der Waals surface area (Å²) in [6.07, 6.45) is 13.2. The van der Waals surface area contributed by atoms with Crippen LogP contribution >= 0.6 is 0 Å². The molecule has 0 radical (unpaired) electrons. The number of piperidine rings is 2. The van der Waals surface area contributed by atoms with Crippen LogP contribution in [0.15, 0.2) is 48.7 Å². The van der Waals surface area contributed by atoms with Gasteiger partial charge in [-0.25, -0.2) is 13.6 Å². The number of benzene rings is 3. The molecule has 4 amide bonds. The van der Waals surface area contributed by atoms with Gasteiger partial charge in [-0.1, -0.05) is 13.0 Å². The molecule has 2 aliphatic carbocycles. The predicted octanol–water partition coefficient (Wildman–Crippen LogP) is 9.02. The summed E-state index contributed by atoms with van der Waals surface area (Å²) in [6, 6.07) is 12.4. The van der Waals surface area contributed by atoms with Crippen LogP contribution in [0.2, 0.25) is 0 Å². The largest absolute Gasteiger partial charge is 0.468 e. The molecule has 8 heterocycles. The van der Waals surface area contributed by atoms with Gasteiger partial charge in [0.1, 0.15) is 40.2 Å². The summed E-state index contributed by atoms with van der Waals surface area (Å²) in [5.74, 6) is -0.956. The number of piperazine rings is 2. The van der Waals surface area contributed by atoms with Crippen molar-refractivity contribution >= 4 is 57.0 Å². The van der Waals surface area contributed by atoms with Crippen molar-refractivity contribution in [1.29, 1.82) is 0 Å². The second-order valence-electron chi connectivity index (χ2n) is 26.3. The van der Waals surface area contributed by atoms with Gasteiger partial charge in [-0.2, -0.15) is 9.97 Å². The van der Waals surface area contributed by atoms with Crippen molar-refractivity contribution in [1.82, 2.24) is 39.9 Å². The van der Waals surface area contributed by atoms with Crippen molar-refractivity contribution in [2.75, 3.05) is 89.2 Å². The fraction of sp³-hybridized carbons (Fsp3) is 0.578. The highest BCUT2D eigenvalue weighted by Crippen LogP contribution is 2.50. The molecule has 2 bridgehead atoms. The van der Waals surface area contributed by atoms with E-state index in [1.165, 1.54) is 51.7 Å². The van der Waals surface area contributed by atoms with Gasteiger partial charge in [0.25, 0.3) is 5.91 Å². The third kappa shape index (κ3) is 10.9. The summed E-state index contributed by atoms with van der Waals surface area (Å²) in [7, 11) is 1.52. The van der Waals surface area contributed by atoms with Gasteiger partial charge in [0.15, 0.2) is 12.6 Å². The number of pyridine rings is 1. The average Bonchev–Trinajstić information content (AvgIpc) is 1.45. The van der Waals surface area contributed by atoms with E-state index in [9.17, 15) is 19.2 Å². The smallest absolute Gasteiger partial charge is 0.410 e. The molecule has 5 saturated heterocycles. The van der Waals surface area contributed by atoms with Crippen LogP contribution in [0.4, 0.5) is 25.1 Å². The number of likely N-dealkylation sites (tertiary alicyclic amines) is 1. The number of amides is 4. The van der Waals surface area contributed by atoms with Crippen molar-refractivity contribution in [3.05, 3.63) is 77.0 Å². The summed E-state index contributed by atoms with van der Waals surface area (Å²) in [6.45, 7) is 16.0. The van der Waals surface area contributed by atoms with E-state index in [1.807, 2.05) is 44.7 Å². The summed E-state index contributed by atoms with van der Waals surface area (Å²) < 4.78 is 57.0. The van der Waals surface area contributed by atoms with Crippen molar-refractivity contribution < 1.29 is 46.9 Å². The van der Waals surface area contributed by atoms with Crippen LogP contribution in [-0.4, -0.2) is 168 Å². The first-order valence-electron chi connectivity index (χ1n) is 30.6. The molecular formula is C64H78F2N10O8. The summed E-state index contributed by atoms with van der Waals surface area (Å²) in [5.41, 5.74) is 3.23. The van der Waals surface area contributed by atoms with Gasteiger partial charge < -0.3 is 38.5 Å². The first-order chi connectivity index (χ1) is 40.5. The molecule has 7 fully saturated rings. The molecule has 84 heavy (non-hydrogen) atoms. The van der Waals surface area contributed by atoms with E-state index in [-0.39, 0.29) is 77.6 Å². The van der Waals surface area contributed by atoms with Gasteiger partial charge in [-0.05, 0) is 175 Å². The molecule has 2 unspecified atom stereocenters. The number of methoxy groups -OCH3 is 1. The molecule has 20 heteroatoms. The zero-order chi connectivity index (χ0) is 58.2. The van der Waals surface area contributed by atoms with Crippen LogP contribution in [0.1, 0.15) is 126 Å². The third-order valence-electron chi connectivity index (χ3n) is 19.8. The SMILES string of the molecule is CCc1c(F)ccc2cc(OCOC)cc(-c3ncc4c(N5CC6CCC(C5)N6C(=O)OC(C)(C)C)nc(OCC5(CN6CCC7(CCC(N8CCN(c9ccc%10c(c9)CN([C@H]9CCC(=O)NC9=O)C%10=O)CC8)CC7)CC6)CC5)nc4c3F)c12. The van der Waals surface area contributed by atoms with Crippen molar-refractivity contribution in [2.45, 2.75) is 147 Å². The number of halogens is 2. The molecule has 13 rings (SSSR count). The standard InChI is InChI=1S/C64H78F2N10O8/c1-6-46-50(65)12-7-39-30-45(83-38-81-5)31-48(53(39)46)55-54(66)56-49(32-67-55)57(74-34-43-8-9-44(35-74)76(43)61(80)84-62(2,3)4)70-60(69-56)82-37-64(19-20-64)36-71-23-21-63(22-24-71)17-15-41(16-18-63)72-25-27-73(28-26-72)42-10-11-47-40(29-42)33-75(59(47)79)51-13-14-52(77)68-58(51)78/h7,10-12,29-32,41,43-44,51H,6,8-9,13-28,33-38H2,1-5H3,(H,68,77,78)/t43?,44?,51-/m0/s1. The van der Waals surface area contributed by atoms with Crippen LogP contribution in [0.5, 0.6) is 11.8 Å². The topological polar surface area (TPSA) is 175 Å². The van der Waals surface area contributed by atoms with Gasteiger partial charge in [0, 0.05) is 100 Å². The Kier molecular flexibility index (Phi) is 14.9. The second-order valence-corrected chi connectivity index (χ2v) is 26.3. The lowest BCUT2D eigenvalue weighted by molar-refractivity contribution is -0.136. The Morgan fingerprint density at radius 2 is 1.56 bits per heavy atom. The fourth-order valence-electron chi connectivity index (χ4n) is 15.0. The summed E-state index contributed by atoms with van der Waals surface area (Å²) >= 11 is 0. The average molecular weight is 1150 g/mol. The van der Waals surface area contributed by atoms with Crippen LogP contribution in [0, 0.1) is 22.5 Å². The molecule has 3 aromatic carbocycles. The number of nitrogens with one attached hydrogen (secondary N) is 1. The fourth-order valence-corrected chi connectivity index (χ4v) is 15.0. The van der Waals surface area contributed by atoms with E-state index in [0.717, 1.165) is 82.7 Å². The number of aromatic nitrogens is 3. The highest BCUT2D eigenvalue weighted by molar-refractivity contribution is 6.06. The normalized spacial score (nSPS) is 23.7. The minimum absolute atomic E-state index is 0.00593. The number of imide groups is 1. The molecule has 446 valence electrons. The number of anilines is 2. The second kappa shape index (κ2) is 22.3. The summed E-state index contributed by atoms with van der Waals surface area (Å²) in [4.78, 5) is 79.3. The van der Waals surface area contributed by atoms with Gasteiger partial charge in [0.05, 0.1) is 24.1 Å². The lowest BCUT2D eigenvalue weighted by Crippen LogP contribution is -2.57. The number of fused-ring (bicyclic) bond motifs is 5. The maximum atomic E-state index is 17.8. The number of aryl methyl sites for hydroxylation is 1. The molecule has 5 aromatic rings. The van der Waals surface area contributed by atoms with Gasteiger partial charge in [0.2, 0.25) is 11.8 Å². The lowest BCUT2D eigenvalue weighted by atomic mass is 9.66. The molecular weight excluding hydrogens is 1070 g/mol. The number of carbonyl (C=O) groups is 4. The van der Waals surface area contributed by atoms with Crippen LogP contribution in [0.3, 0.4) is 0 Å². The Labute approximate surface area is 489 Å². The Morgan fingerprint density at radius 1 is 0.810 bits per heavy atom. The highest BCUT2D eigenvalue weighted by Gasteiger charge is 2.49. The van der Waals surface area contributed by atoms with Crippen LogP contribution in [0.25, 0.3) is 32.9 Å². The first-order valence-corrected chi connectivity index (χ1v) is 30.6. The Bertz CT molecular complexity index is 3390. The zero-order valence-corrected chi connectivity index (χ0v) is 49.2. The molecule has 6 aliphatic heterocycles. The minimum Gasteiger partial charge on any atom is -0.468 e. The van der Waals surface area contributed by atoms with Gasteiger partial charge >= 0.3 is 12.1 Å². The monoisotopic (exact) mass is 1150 g/mol. The number of rotatable bonds is 14. The lowest BCUT2D eigenvalue weighted by Gasteiger charge is -2.49. The van der Waals surface area contributed by atoms with Crippen molar-refractivity contribution in [2.24, 2.45) is 10.8 Å². The number of carbonyl (C=O) groups excluding carboxylic acids is 4. The zero-order valence-electron chi connectivity index (χ0n) is 49.2. The summed E-state index contributed by atoms with van der Waals surface area (Å²) in [5, 5.41) is 4.04. The number of nitrogens with zero attached hydrogens (tertiary/aromatic N) is 9. The van der Waals surface area contributed by atoms with Crippen LogP contribution in [-0.2, 0) is 32.0 Å². The van der Waals surface area contributed by atoms with Crippen LogP contribution < -0.4 is 24.6 Å².